The molecule has 0 atom stereocenters. The van der Waals surface area contributed by atoms with Gasteiger partial charge in [-0.15, -0.1) is 0 Å². The summed E-state index contributed by atoms with van der Waals surface area (Å²) in [5.74, 6) is -0.950. The zero-order valence-electron chi connectivity index (χ0n) is 49.3. The lowest BCUT2D eigenvalue weighted by Crippen LogP contribution is -2.30. The van der Waals surface area contributed by atoms with E-state index in [9.17, 15) is 14.4 Å². The van der Waals surface area contributed by atoms with Crippen molar-refractivity contribution < 1.29 is 28.6 Å². The molecule has 0 aliphatic rings. The van der Waals surface area contributed by atoms with Crippen LogP contribution in [0.3, 0.4) is 0 Å². The Balaban J connectivity index is 4.49. The van der Waals surface area contributed by atoms with Crippen LogP contribution in [0.5, 0.6) is 0 Å². The molecule has 0 amide bonds. The summed E-state index contributed by atoms with van der Waals surface area (Å²) in [6.07, 6.45) is 84.0. The average Bonchev–Trinajstić information content (AvgIpc) is 3.41. The molecule has 0 saturated heterocycles. The number of carbonyl (C=O) groups is 3. The minimum Gasteiger partial charge on any atom is -0.462 e. The Hall–Kier alpha value is -3.67. The van der Waals surface area contributed by atoms with E-state index in [1.165, 1.54) is 154 Å². The molecule has 0 saturated carbocycles. The fraction of sp³-hybridized carbons (Fsp3) is 0.725. The predicted molar refractivity (Wildman–Crippen MR) is 325 cm³/mol. The molecule has 0 rings (SSSR count). The standard InChI is InChI=1S/C69H118O6/c1-4-7-10-13-16-19-22-25-28-31-34-37-40-43-46-49-52-55-58-61-67(70)73-64-66(75-69(72)63-60-57-54-51-48-45-42-39-36-33-30-27-24-21-18-15-12-9-6-3)65-74-68(71)62-59-56-53-50-47-44-41-38-35-32-29-26-23-20-17-14-11-8-5-2/h16-17,19-20,25-26,28-29,34-35,37-38,43-44,46-47,66H,4-15,18,21-24,27,30-33,36,39-42,45,48-65H2,1-3H3/b19-16-,20-17-,28-25-,29-26-,37-34-,38-35-,46-43-,47-44-. The summed E-state index contributed by atoms with van der Waals surface area (Å²) < 4.78 is 16.9. The summed E-state index contributed by atoms with van der Waals surface area (Å²) >= 11 is 0. The highest BCUT2D eigenvalue weighted by Gasteiger charge is 2.19. The van der Waals surface area contributed by atoms with Gasteiger partial charge in [-0.2, -0.15) is 0 Å². The van der Waals surface area contributed by atoms with E-state index in [0.29, 0.717) is 19.3 Å². The van der Waals surface area contributed by atoms with Crippen molar-refractivity contribution in [3.63, 3.8) is 0 Å². The smallest absolute Gasteiger partial charge is 0.306 e. The molecule has 0 radical (unpaired) electrons. The van der Waals surface area contributed by atoms with Gasteiger partial charge in [-0.3, -0.25) is 14.4 Å². The van der Waals surface area contributed by atoms with Gasteiger partial charge >= 0.3 is 17.9 Å². The van der Waals surface area contributed by atoms with Gasteiger partial charge in [-0.05, 0) is 109 Å². The van der Waals surface area contributed by atoms with Gasteiger partial charge in [0.1, 0.15) is 13.2 Å². The van der Waals surface area contributed by atoms with Gasteiger partial charge in [0.2, 0.25) is 0 Å². The summed E-state index contributed by atoms with van der Waals surface area (Å²) in [4.78, 5) is 38.3. The van der Waals surface area contributed by atoms with Gasteiger partial charge in [0.15, 0.2) is 6.10 Å². The normalized spacial score (nSPS) is 12.4. The number of rotatable bonds is 57. The first-order valence-electron chi connectivity index (χ1n) is 31.7. The quantitative estimate of drug-likeness (QED) is 0.0261. The Morgan fingerprint density at radius 1 is 0.267 bits per heavy atom. The summed E-state index contributed by atoms with van der Waals surface area (Å²) in [5.41, 5.74) is 0. The zero-order valence-corrected chi connectivity index (χ0v) is 49.3. The lowest BCUT2D eigenvalue weighted by atomic mass is 10.0. The van der Waals surface area contributed by atoms with Gasteiger partial charge < -0.3 is 14.2 Å². The molecule has 75 heavy (non-hydrogen) atoms. The maximum Gasteiger partial charge on any atom is 0.306 e. The third kappa shape index (κ3) is 61.1. The van der Waals surface area contributed by atoms with Crippen molar-refractivity contribution in [2.24, 2.45) is 0 Å². The molecular weight excluding hydrogens is 925 g/mol. The number of hydrogen-bond acceptors (Lipinski definition) is 6. The largest absolute Gasteiger partial charge is 0.462 e. The van der Waals surface area contributed by atoms with Crippen LogP contribution < -0.4 is 0 Å². The van der Waals surface area contributed by atoms with Crippen LogP contribution in [0.4, 0.5) is 0 Å². The van der Waals surface area contributed by atoms with Crippen LogP contribution in [0, 0.1) is 0 Å². The monoisotopic (exact) mass is 1040 g/mol. The Kier molecular flexibility index (Phi) is 59.8. The molecule has 0 heterocycles. The van der Waals surface area contributed by atoms with Crippen molar-refractivity contribution in [1.29, 1.82) is 0 Å². The second-order valence-electron chi connectivity index (χ2n) is 21.0. The van der Waals surface area contributed by atoms with Crippen molar-refractivity contribution in [2.75, 3.05) is 13.2 Å². The minimum absolute atomic E-state index is 0.103. The fourth-order valence-corrected chi connectivity index (χ4v) is 8.76. The number of hydrogen-bond donors (Lipinski definition) is 0. The van der Waals surface area contributed by atoms with Crippen molar-refractivity contribution >= 4 is 17.9 Å². The first-order valence-corrected chi connectivity index (χ1v) is 31.7. The predicted octanol–water partition coefficient (Wildman–Crippen LogP) is 21.7. The number of allylic oxidation sites excluding steroid dienone is 16. The van der Waals surface area contributed by atoms with E-state index in [1.54, 1.807) is 0 Å². The second kappa shape index (κ2) is 62.9. The van der Waals surface area contributed by atoms with E-state index in [0.717, 1.165) is 109 Å². The number of ether oxygens (including phenoxy) is 3. The third-order valence-corrected chi connectivity index (χ3v) is 13.6. The van der Waals surface area contributed by atoms with Crippen LogP contribution in [-0.4, -0.2) is 37.2 Å². The average molecular weight is 1040 g/mol. The highest BCUT2D eigenvalue weighted by Crippen LogP contribution is 2.16. The fourth-order valence-electron chi connectivity index (χ4n) is 8.76. The van der Waals surface area contributed by atoms with Gasteiger partial charge in [-0.1, -0.05) is 272 Å². The lowest BCUT2D eigenvalue weighted by Gasteiger charge is -2.18. The molecule has 0 N–H and O–H groups in total. The van der Waals surface area contributed by atoms with E-state index < -0.39 is 6.10 Å². The molecule has 430 valence electrons. The second-order valence-corrected chi connectivity index (χ2v) is 21.0. The Labute approximate surface area is 464 Å². The van der Waals surface area contributed by atoms with Crippen LogP contribution in [0.1, 0.15) is 303 Å². The van der Waals surface area contributed by atoms with Gasteiger partial charge in [-0.25, -0.2) is 0 Å². The van der Waals surface area contributed by atoms with Gasteiger partial charge in [0.25, 0.3) is 0 Å². The molecule has 6 nitrogen and oxygen atoms in total. The number of esters is 3. The molecule has 0 aromatic rings. The Morgan fingerprint density at radius 2 is 0.480 bits per heavy atom. The van der Waals surface area contributed by atoms with Crippen molar-refractivity contribution in [3.8, 4) is 0 Å². The van der Waals surface area contributed by atoms with Gasteiger partial charge in [0, 0.05) is 19.3 Å². The minimum atomic E-state index is -0.805. The summed E-state index contributed by atoms with van der Waals surface area (Å²) in [7, 11) is 0. The summed E-state index contributed by atoms with van der Waals surface area (Å²) in [6.45, 7) is 6.56. The van der Waals surface area contributed by atoms with Crippen LogP contribution in [0.2, 0.25) is 0 Å². The molecule has 0 spiro atoms. The van der Waals surface area contributed by atoms with E-state index in [4.69, 9.17) is 14.2 Å². The molecule has 6 heteroatoms. The van der Waals surface area contributed by atoms with Crippen LogP contribution >= 0.6 is 0 Å². The molecule has 0 fully saturated rings. The van der Waals surface area contributed by atoms with Crippen molar-refractivity contribution in [3.05, 3.63) is 97.2 Å². The molecule has 0 aliphatic heterocycles. The van der Waals surface area contributed by atoms with E-state index in [2.05, 4.69) is 118 Å². The SMILES string of the molecule is CCCCC/C=C\C/C=C\C/C=C\C/C=C\CCCCCC(=O)OCC(COC(=O)CCCCC/C=C\C/C=C\C/C=C\C/C=C\CCCCC)OC(=O)CCCCCCCCCCCCCCCCCCCCC. The lowest BCUT2D eigenvalue weighted by molar-refractivity contribution is -0.167. The molecule has 0 unspecified atom stereocenters. The van der Waals surface area contributed by atoms with Crippen LogP contribution in [0.15, 0.2) is 97.2 Å². The summed E-state index contributed by atoms with van der Waals surface area (Å²) in [5, 5.41) is 0. The van der Waals surface area contributed by atoms with Crippen molar-refractivity contribution in [2.45, 2.75) is 309 Å². The topological polar surface area (TPSA) is 78.9 Å². The van der Waals surface area contributed by atoms with Crippen LogP contribution in [0.25, 0.3) is 0 Å². The van der Waals surface area contributed by atoms with Crippen molar-refractivity contribution in [1.82, 2.24) is 0 Å². The number of carbonyl (C=O) groups excluding carboxylic acids is 3. The molecular formula is C69H118O6. The maximum atomic E-state index is 12.9. The first-order chi connectivity index (χ1) is 37.0. The molecule has 0 aliphatic carbocycles. The zero-order chi connectivity index (χ0) is 54.3. The van der Waals surface area contributed by atoms with Crippen LogP contribution in [-0.2, 0) is 28.6 Å². The molecule has 0 aromatic carbocycles. The molecule has 0 bridgehead atoms. The first kappa shape index (κ1) is 71.3. The van der Waals surface area contributed by atoms with Gasteiger partial charge in [0.05, 0.1) is 0 Å². The summed E-state index contributed by atoms with van der Waals surface area (Å²) in [6, 6.07) is 0. The van der Waals surface area contributed by atoms with E-state index in [1.807, 2.05) is 0 Å². The molecule has 0 aromatic heterocycles. The highest BCUT2D eigenvalue weighted by atomic mass is 16.6. The Bertz CT molecular complexity index is 1400. The Morgan fingerprint density at radius 3 is 0.773 bits per heavy atom. The third-order valence-electron chi connectivity index (χ3n) is 13.6. The van der Waals surface area contributed by atoms with E-state index >= 15 is 0 Å². The number of unbranched alkanes of at least 4 members (excludes halogenated alkanes) is 30. The van der Waals surface area contributed by atoms with E-state index in [-0.39, 0.29) is 31.1 Å². The highest BCUT2D eigenvalue weighted by molar-refractivity contribution is 5.71. The maximum absolute atomic E-state index is 12.9.